The van der Waals surface area contributed by atoms with E-state index in [-0.39, 0.29) is 0 Å². The molecular formula is C22H24N2. The summed E-state index contributed by atoms with van der Waals surface area (Å²) in [6.07, 6.45) is 3.47. The Bertz CT molecular complexity index is 820. The first kappa shape index (κ1) is 16.1. The molecule has 3 aromatic carbocycles. The van der Waals surface area contributed by atoms with Crippen molar-refractivity contribution in [3.8, 4) is 22.3 Å². The normalized spacial score (nSPS) is 10.7. The van der Waals surface area contributed by atoms with E-state index in [1.54, 1.807) is 0 Å². The number of anilines is 2. The Kier molecular flexibility index (Phi) is 4.85. The second-order valence-corrected chi connectivity index (χ2v) is 6.19. The molecule has 2 heteroatoms. The van der Waals surface area contributed by atoms with Gasteiger partial charge in [-0.15, -0.1) is 0 Å². The number of unbranched alkanes of at least 4 members (excludes halogenated alkanes) is 1. The van der Waals surface area contributed by atoms with Crippen LogP contribution in [0.5, 0.6) is 0 Å². The Morgan fingerprint density at radius 2 is 1.42 bits per heavy atom. The molecule has 122 valence electrons. The third-order valence-electron chi connectivity index (χ3n) is 4.37. The van der Waals surface area contributed by atoms with E-state index in [1.165, 1.54) is 35.1 Å². The van der Waals surface area contributed by atoms with Crippen LogP contribution in [0.1, 0.15) is 25.3 Å². The van der Waals surface area contributed by atoms with Crippen molar-refractivity contribution in [3.63, 3.8) is 0 Å². The maximum atomic E-state index is 6.10. The van der Waals surface area contributed by atoms with E-state index in [0.29, 0.717) is 0 Å². The maximum absolute atomic E-state index is 6.10. The van der Waals surface area contributed by atoms with Crippen LogP contribution in [0.4, 0.5) is 11.4 Å². The summed E-state index contributed by atoms with van der Waals surface area (Å²) < 4.78 is 0. The van der Waals surface area contributed by atoms with Gasteiger partial charge in [-0.05, 0) is 64.9 Å². The van der Waals surface area contributed by atoms with Crippen LogP contribution in [0.3, 0.4) is 0 Å². The van der Waals surface area contributed by atoms with Gasteiger partial charge in [0.05, 0.1) is 0 Å². The molecule has 2 nitrogen and oxygen atoms in total. The van der Waals surface area contributed by atoms with Gasteiger partial charge >= 0.3 is 0 Å². The van der Waals surface area contributed by atoms with Gasteiger partial charge in [0, 0.05) is 11.4 Å². The number of hydrogen-bond acceptors (Lipinski definition) is 2. The zero-order valence-electron chi connectivity index (χ0n) is 14.1. The summed E-state index contributed by atoms with van der Waals surface area (Å²) in [5.74, 6) is 0. The van der Waals surface area contributed by atoms with Gasteiger partial charge in [0.25, 0.3) is 0 Å². The minimum Gasteiger partial charge on any atom is -0.399 e. The smallest absolute Gasteiger partial charge is 0.0320 e. The zero-order valence-corrected chi connectivity index (χ0v) is 14.1. The van der Waals surface area contributed by atoms with Gasteiger partial charge in [0.15, 0.2) is 0 Å². The molecule has 0 amide bonds. The number of hydrogen-bond donors (Lipinski definition) is 2. The van der Waals surface area contributed by atoms with Gasteiger partial charge in [-0.3, -0.25) is 0 Å². The number of aryl methyl sites for hydroxylation is 1. The monoisotopic (exact) mass is 316 g/mol. The Balaban J connectivity index is 2.14. The van der Waals surface area contributed by atoms with Crippen molar-refractivity contribution in [2.45, 2.75) is 26.2 Å². The topological polar surface area (TPSA) is 52.0 Å². The minimum atomic E-state index is 0.777. The van der Waals surface area contributed by atoms with E-state index >= 15 is 0 Å². The van der Waals surface area contributed by atoms with Gasteiger partial charge in [-0.2, -0.15) is 0 Å². The highest BCUT2D eigenvalue weighted by Gasteiger charge is 2.11. The fraction of sp³-hybridized carbons (Fsp3) is 0.182. The summed E-state index contributed by atoms with van der Waals surface area (Å²) in [4.78, 5) is 0. The molecule has 0 unspecified atom stereocenters. The third kappa shape index (κ3) is 3.43. The number of nitrogen functional groups attached to an aromatic ring is 2. The number of rotatable bonds is 5. The molecule has 24 heavy (non-hydrogen) atoms. The van der Waals surface area contributed by atoms with Crippen LogP contribution in [0.15, 0.2) is 66.7 Å². The number of nitrogens with two attached hydrogens (primary N) is 2. The van der Waals surface area contributed by atoms with Crippen LogP contribution < -0.4 is 11.5 Å². The molecule has 4 N–H and O–H groups in total. The highest BCUT2D eigenvalue weighted by Crippen LogP contribution is 2.36. The molecule has 0 spiro atoms. The van der Waals surface area contributed by atoms with Crippen molar-refractivity contribution >= 4 is 11.4 Å². The van der Waals surface area contributed by atoms with E-state index in [0.717, 1.165) is 23.4 Å². The van der Waals surface area contributed by atoms with E-state index < -0.39 is 0 Å². The lowest BCUT2D eigenvalue weighted by Gasteiger charge is -2.15. The fourth-order valence-electron chi connectivity index (χ4n) is 3.07. The van der Waals surface area contributed by atoms with Crippen LogP contribution in [0.2, 0.25) is 0 Å². The van der Waals surface area contributed by atoms with Crippen molar-refractivity contribution in [2.24, 2.45) is 0 Å². The maximum Gasteiger partial charge on any atom is 0.0320 e. The highest BCUT2D eigenvalue weighted by molar-refractivity contribution is 5.87. The van der Waals surface area contributed by atoms with E-state index in [1.807, 2.05) is 18.2 Å². The van der Waals surface area contributed by atoms with Gasteiger partial charge in [-0.1, -0.05) is 55.8 Å². The lowest BCUT2D eigenvalue weighted by molar-refractivity contribution is 0.796. The summed E-state index contributed by atoms with van der Waals surface area (Å²) in [6.45, 7) is 2.23. The van der Waals surface area contributed by atoms with Gasteiger partial charge in [-0.25, -0.2) is 0 Å². The van der Waals surface area contributed by atoms with Crippen molar-refractivity contribution in [1.82, 2.24) is 0 Å². The fourth-order valence-corrected chi connectivity index (χ4v) is 3.07. The molecule has 0 aliphatic carbocycles. The summed E-state index contributed by atoms with van der Waals surface area (Å²) in [5, 5.41) is 0. The standard InChI is InChI=1S/C22H24N2/c1-2-3-6-16-7-4-5-8-20(16)22-15-19(24)13-14-21(22)17-9-11-18(23)12-10-17/h4-5,7-15H,2-3,6,23-24H2,1H3. The van der Waals surface area contributed by atoms with Gasteiger partial charge in [0.2, 0.25) is 0 Å². The molecule has 0 fully saturated rings. The second-order valence-electron chi connectivity index (χ2n) is 6.19. The van der Waals surface area contributed by atoms with Gasteiger partial charge < -0.3 is 11.5 Å². The molecule has 0 radical (unpaired) electrons. The van der Waals surface area contributed by atoms with Crippen molar-refractivity contribution in [2.75, 3.05) is 11.5 Å². The largest absolute Gasteiger partial charge is 0.399 e. The second kappa shape index (κ2) is 7.22. The molecule has 0 aromatic heterocycles. The van der Waals surface area contributed by atoms with E-state index in [9.17, 15) is 0 Å². The number of benzene rings is 3. The zero-order chi connectivity index (χ0) is 16.9. The molecule has 0 aliphatic rings. The first-order chi connectivity index (χ1) is 11.7. The highest BCUT2D eigenvalue weighted by atomic mass is 14.5. The predicted molar refractivity (Wildman–Crippen MR) is 105 cm³/mol. The predicted octanol–water partition coefficient (Wildman–Crippen LogP) is 5.53. The van der Waals surface area contributed by atoms with Crippen LogP contribution in [0, 0.1) is 0 Å². The summed E-state index contributed by atoms with van der Waals surface area (Å²) in [6, 6.07) is 22.8. The van der Waals surface area contributed by atoms with Crippen LogP contribution >= 0.6 is 0 Å². The molecule has 3 rings (SSSR count). The van der Waals surface area contributed by atoms with E-state index in [4.69, 9.17) is 11.5 Å². The average molecular weight is 316 g/mol. The molecule has 0 saturated carbocycles. The molecule has 0 bridgehead atoms. The first-order valence-electron chi connectivity index (χ1n) is 8.52. The molecule has 0 atom stereocenters. The molecule has 0 heterocycles. The Morgan fingerprint density at radius 1 is 0.708 bits per heavy atom. The first-order valence-corrected chi connectivity index (χ1v) is 8.52. The molecule has 0 saturated heterocycles. The Labute approximate surface area is 144 Å². The van der Waals surface area contributed by atoms with Crippen LogP contribution in [-0.2, 0) is 6.42 Å². The Hall–Kier alpha value is -2.74. The lowest BCUT2D eigenvalue weighted by Crippen LogP contribution is -1.95. The van der Waals surface area contributed by atoms with Gasteiger partial charge in [0.1, 0.15) is 0 Å². The summed E-state index contributed by atoms with van der Waals surface area (Å²) in [7, 11) is 0. The SMILES string of the molecule is CCCCc1ccccc1-c1cc(N)ccc1-c1ccc(N)cc1. The van der Waals surface area contributed by atoms with E-state index in [2.05, 4.69) is 55.5 Å². The summed E-state index contributed by atoms with van der Waals surface area (Å²) in [5.41, 5.74) is 19.7. The summed E-state index contributed by atoms with van der Waals surface area (Å²) >= 11 is 0. The quantitative estimate of drug-likeness (QED) is 0.608. The third-order valence-corrected chi connectivity index (χ3v) is 4.37. The Morgan fingerprint density at radius 3 is 2.17 bits per heavy atom. The van der Waals surface area contributed by atoms with Crippen molar-refractivity contribution in [3.05, 3.63) is 72.3 Å². The molecular weight excluding hydrogens is 292 g/mol. The average Bonchev–Trinajstić information content (AvgIpc) is 2.61. The molecule has 3 aromatic rings. The minimum absolute atomic E-state index is 0.777. The molecule has 0 aliphatic heterocycles. The van der Waals surface area contributed by atoms with Crippen molar-refractivity contribution < 1.29 is 0 Å². The van der Waals surface area contributed by atoms with Crippen LogP contribution in [0.25, 0.3) is 22.3 Å². The van der Waals surface area contributed by atoms with Crippen LogP contribution in [-0.4, -0.2) is 0 Å². The lowest BCUT2D eigenvalue weighted by atomic mass is 9.90. The van der Waals surface area contributed by atoms with Crippen molar-refractivity contribution in [1.29, 1.82) is 0 Å².